The van der Waals surface area contributed by atoms with Gasteiger partial charge < -0.3 is 24.0 Å². The van der Waals surface area contributed by atoms with Gasteiger partial charge in [-0.05, 0) is 76.3 Å². The summed E-state index contributed by atoms with van der Waals surface area (Å²) in [5.74, 6) is -0.698. The molecule has 226 valence electrons. The predicted octanol–water partition coefficient (Wildman–Crippen LogP) is 5.08. The summed E-state index contributed by atoms with van der Waals surface area (Å²) < 4.78 is 17.5. The van der Waals surface area contributed by atoms with Crippen LogP contribution in [0.5, 0.6) is 5.75 Å². The summed E-state index contributed by atoms with van der Waals surface area (Å²) >= 11 is 0. The van der Waals surface area contributed by atoms with E-state index in [9.17, 15) is 19.2 Å². The van der Waals surface area contributed by atoms with E-state index in [0.29, 0.717) is 44.0 Å². The molecule has 1 aromatic rings. The van der Waals surface area contributed by atoms with Crippen molar-refractivity contribution in [2.24, 2.45) is 5.92 Å². The van der Waals surface area contributed by atoms with E-state index in [2.05, 4.69) is 19.6 Å². The Labute approximate surface area is 244 Å². The monoisotopic (exact) mass is 586 g/mol. The molecule has 2 heterocycles. The summed E-state index contributed by atoms with van der Waals surface area (Å²) in [4.78, 5) is 55.4. The van der Waals surface area contributed by atoms with Crippen LogP contribution in [0.15, 0.2) is 18.2 Å². The van der Waals surface area contributed by atoms with Gasteiger partial charge in [0.15, 0.2) is 5.78 Å². The molecule has 0 N–H and O–H groups in total. The Morgan fingerprint density at radius 1 is 1.05 bits per heavy atom. The van der Waals surface area contributed by atoms with Gasteiger partial charge in [-0.2, -0.15) is 0 Å². The molecule has 0 radical (unpaired) electrons. The van der Waals surface area contributed by atoms with Crippen LogP contribution >= 0.6 is 0 Å². The summed E-state index contributed by atoms with van der Waals surface area (Å²) in [5, 5.41) is 0. The van der Waals surface area contributed by atoms with Crippen LogP contribution in [0.4, 0.5) is 4.79 Å². The fourth-order valence-corrected chi connectivity index (χ4v) is 6.40. The maximum absolute atomic E-state index is 13.4. The van der Waals surface area contributed by atoms with Gasteiger partial charge in [0, 0.05) is 39.8 Å². The SMILES string of the molecule is CC(C)(C)OC(=O)N1CCCCC1COc1ccc2c(c1)CN(C1CCC(=O)C(COCC[Si](C)(C)C)C1=O)C2=O. The summed E-state index contributed by atoms with van der Waals surface area (Å²) in [6, 6.07) is 5.61. The Kier molecular flexibility index (Phi) is 9.63. The second kappa shape index (κ2) is 12.6. The summed E-state index contributed by atoms with van der Waals surface area (Å²) in [5.41, 5.74) is 0.789. The van der Waals surface area contributed by atoms with Crippen molar-refractivity contribution < 1.29 is 33.4 Å². The highest BCUT2D eigenvalue weighted by atomic mass is 28.3. The molecular weight excluding hydrogens is 540 g/mol. The molecule has 1 saturated heterocycles. The number of rotatable bonds is 9. The Morgan fingerprint density at radius 3 is 2.51 bits per heavy atom. The highest BCUT2D eigenvalue weighted by Gasteiger charge is 2.44. The minimum Gasteiger partial charge on any atom is -0.491 e. The van der Waals surface area contributed by atoms with Gasteiger partial charge in [-0.15, -0.1) is 0 Å². The van der Waals surface area contributed by atoms with Gasteiger partial charge in [-0.3, -0.25) is 14.4 Å². The van der Waals surface area contributed by atoms with Gasteiger partial charge in [0.2, 0.25) is 0 Å². The summed E-state index contributed by atoms with van der Waals surface area (Å²) in [6.07, 6.45) is 3.07. The average Bonchev–Trinajstić information content (AvgIpc) is 3.20. The second-order valence-corrected chi connectivity index (χ2v) is 19.4. The Hall–Kier alpha value is -2.72. The molecule has 9 nitrogen and oxygen atoms in total. The van der Waals surface area contributed by atoms with Gasteiger partial charge in [0.1, 0.15) is 29.7 Å². The van der Waals surface area contributed by atoms with Gasteiger partial charge >= 0.3 is 6.09 Å². The number of ketones is 2. The van der Waals surface area contributed by atoms with Gasteiger partial charge in [0.25, 0.3) is 5.91 Å². The molecule has 10 heteroatoms. The molecule has 3 unspecified atom stereocenters. The van der Waals surface area contributed by atoms with E-state index in [-0.39, 0.29) is 42.6 Å². The van der Waals surface area contributed by atoms with E-state index in [4.69, 9.17) is 14.2 Å². The molecule has 0 spiro atoms. The maximum atomic E-state index is 13.4. The van der Waals surface area contributed by atoms with E-state index in [0.717, 1.165) is 30.9 Å². The standard InChI is InChI=1S/C31H46N2O7Si/c1-31(2,3)40-30(37)32-14-8-7-9-22(32)19-39-23-10-11-24-21(17-23)18-33(29(24)36)26-12-13-27(34)25(28(26)35)20-38-15-16-41(4,5)6/h10-11,17,22,25-26H,7-9,12-16,18-20H2,1-6H3. The zero-order chi connectivity index (χ0) is 29.9. The normalized spacial score (nSPS) is 23.6. The number of ether oxygens (including phenoxy) is 3. The average molecular weight is 587 g/mol. The third kappa shape index (κ3) is 7.97. The van der Waals surface area contributed by atoms with Gasteiger partial charge in [-0.25, -0.2) is 4.79 Å². The molecule has 1 saturated carbocycles. The number of piperidine rings is 1. The number of amides is 2. The summed E-state index contributed by atoms with van der Waals surface area (Å²) in [6.45, 7) is 14.2. The van der Waals surface area contributed by atoms with Crippen molar-refractivity contribution in [3.05, 3.63) is 29.3 Å². The number of benzene rings is 1. The van der Waals surface area contributed by atoms with Crippen LogP contribution < -0.4 is 4.74 Å². The topological polar surface area (TPSA) is 102 Å². The zero-order valence-corrected chi connectivity index (χ0v) is 26.5. The second-order valence-electron chi connectivity index (χ2n) is 13.7. The molecular formula is C31H46N2O7Si. The smallest absolute Gasteiger partial charge is 0.410 e. The molecule has 0 aromatic heterocycles. The largest absolute Gasteiger partial charge is 0.491 e. The number of likely N-dealkylation sites (tertiary alicyclic amines) is 1. The molecule has 2 fully saturated rings. The molecule has 3 aliphatic rings. The minimum atomic E-state index is -1.28. The predicted molar refractivity (Wildman–Crippen MR) is 158 cm³/mol. The van der Waals surface area contributed by atoms with E-state index >= 15 is 0 Å². The number of hydrogen-bond acceptors (Lipinski definition) is 7. The van der Waals surface area contributed by atoms with Crippen LogP contribution in [0.25, 0.3) is 0 Å². The number of Topliss-reactive ketones (excluding diaryl/α,β-unsaturated/α-hetero) is 2. The third-order valence-electron chi connectivity index (χ3n) is 7.99. The Bertz CT molecular complexity index is 1160. The fourth-order valence-electron chi connectivity index (χ4n) is 5.64. The van der Waals surface area contributed by atoms with Crippen LogP contribution in [0.2, 0.25) is 25.7 Å². The van der Waals surface area contributed by atoms with Crippen molar-refractivity contribution in [2.45, 2.75) is 103 Å². The van der Waals surface area contributed by atoms with Crippen molar-refractivity contribution >= 4 is 31.6 Å². The third-order valence-corrected chi connectivity index (χ3v) is 9.69. The number of hydrogen-bond donors (Lipinski definition) is 0. The van der Waals surface area contributed by atoms with E-state index in [1.54, 1.807) is 21.9 Å². The lowest BCUT2D eigenvalue weighted by Gasteiger charge is -2.36. The molecule has 1 aromatic carbocycles. The van der Waals surface area contributed by atoms with Crippen molar-refractivity contribution in [3.8, 4) is 5.75 Å². The van der Waals surface area contributed by atoms with Crippen molar-refractivity contribution in [2.75, 3.05) is 26.4 Å². The number of carbonyl (C=O) groups excluding carboxylic acids is 4. The van der Waals surface area contributed by atoms with Crippen LogP contribution in [-0.2, 0) is 25.6 Å². The quantitative estimate of drug-likeness (QED) is 0.226. The molecule has 0 bridgehead atoms. The lowest BCUT2D eigenvalue weighted by molar-refractivity contribution is -0.142. The lowest BCUT2D eigenvalue weighted by atomic mass is 9.83. The van der Waals surface area contributed by atoms with Gasteiger partial charge in [-0.1, -0.05) is 19.6 Å². The fraction of sp³-hybridized carbons (Fsp3) is 0.677. The lowest BCUT2D eigenvalue weighted by Crippen LogP contribution is -2.50. The highest BCUT2D eigenvalue weighted by molar-refractivity contribution is 6.76. The van der Waals surface area contributed by atoms with Crippen molar-refractivity contribution in [3.63, 3.8) is 0 Å². The first-order valence-corrected chi connectivity index (χ1v) is 18.6. The summed E-state index contributed by atoms with van der Waals surface area (Å²) in [7, 11) is -1.28. The van der Waals surface area contributed by atoms with Crippen LogP contribution in [0, 0.1) is 5.92 Å². The molecule has 41 heavy (non-hydrogen) atoms. The van der Waals surface area contributed by atoms with Crippen LogP contribution in [-0.4, -0.2) is 85.5 Å². The highest BCUT2D eigenvalue weighted by Crippen LogP contribution is 2.33. The number of fused-ring (bicyclic) bond motifs is 1. The first kappa shape index (κ1) is 31.2. The van der Waals surface area contributed by atoms with E-state index in [1.807, 2.05) is 26.8 Å². The van der Waals surface area contributed by atoms with Crippen molar-refractivity contribution in [1.29, 1.82) is 0 Å². The first-order chi connectivity index (χ1) is 19.2. The molecule has 2 aliphatic heterocycles. The Balaban J connectivity index is 1.37. The maximum Gasteiger partial charge on any atom is 0.410 e. The Morgan fingerprint density at radius 2 is 1.80 bits per heavy atom. The van der Waals surface area contributed by atoms with E-state index < -0.39 is 25.6 Å². The first-order valence-electron chi connectivity index (χ1n) is 14.9. The number of carbonyl (C=O) groups is 4. The van der Waals surface area contributed by atoms with Crippen LogP contribution in [0.1, 0.15) is 68.8 Å². The molecule has 1 aliphatic carbocycles. The van der Waals surface area contributed by atoms with Gasteiger partial charge in [0.05, 0.1) is 18.7 Å². The number of nitrogens with zero attached hydrogens (tertiary/aromatic N) is 2. The zero-order valence-electron chi connectivity index (χ0n) is 25.5. The van der Waals surface area contributed by atoms with Crippen LogP contribution in [0.3, 0.4) is 0 Å². The van der Waals surface area contributed by atoms with E-state index in [1.165, 1.54) is 0 Å². The molecule has 4 rings (SSSR count). The molecule has 2 amide bonds. The minimum absolute atomic E-state index is 0.0904. The molecule has 3 atom stereocenters. The van der Waals surface area contributed by atoms with Crippen molar-refractivity contribution in [1.82, 2.24) is 9.80 Å².